The average Bonchev–Trinajstić information content (AvgIpc) is 3.29. The standard InChI is InChI=1S/C21H20FN5OS/c1-3-10-27-20(13-28-18-7-5-4-6-17(18)22)24-25-21(27)29-14-16-12-26-11-15(2)8-9-19(26)23-16/h3-9,11-12H,1,10,13-14H2,2H3. The number of thioether (sulfide) groups is 1. The Morgan fingerprint density at radius 3 is 2.86 bits per heavy atom. The molecule has 0 radical (unpaired) electrons. The van der Waals surface area contributed by atoms with Gasteiger partial charge in [-0.25, -0.2) is 9.37 Å². The van der Waals surface area contributed by atoms with Crippen molar-refractivity contribution in [2.45, 2.75) is 31.0 Å². The fraction of sp³-hybridized carbons (Fsp3) is 0.190. The monoisotopic (exact) mass is 409 g/mol. The minimum absolute atomic E-state index is 0.121. The van der Waals surface area contributed by atoms with Crippen molar-refractivity contribution in [1.82, 2.24) is 24.1 Å². The Bertz CT molecular complexity index is 1150. The summed E-state index contributed by atoms with van der Waals surface area (Å²) >= 11 is 1.54. The van der Waals surface area contributed by atoms with E-state index in [9.17, 15) is 4.39 Å². The zero-order valence-electron chi connectivity index (χ0n) is 16.0. The van der Waals surface area contributed by atoms with E-state index in [1.165, 1.54) is 11.6 Å². The maximum absolute atomic E-state index is 13.8. The van der Waals surface area contributed by atoms with E-state index in [1.54, 1.807) is 36.0 Å². The van der Waals surface area contributed by atoms with Crippen LogP contribution in [0.15, 0.2) is 66.6 Å². The number of rotatable bonds is 8. The number of benzene rings is 1. The number of hydrogen-bond acceptors (Lipinski definition) is 5. The fourth-order valence-corrected chi connectivity index (χ4v) is 3.76. The summed E-state index contributed by atoms with van der Waals surface area (Å²) in [5, 5.41) is 9.23. The molecule has 0 aliphatic carbocycles. The minimum Gasteiger partial charge on any atom is -0.483 e. The van der Waals surface area contributed by atoms with Gasteiger partial charge in [0, 0.05) is 24.7 Å². The number of ether oxygens (including phenoxy) is 1. The maximum atomic E-state index is 13.8. The molecule has 0 saturated heterocycles. The molecule has 8 heteroatoms. The van der Waals surface area contributed by atoms with E-state index < -0.39 is 5.82 Å². The molecular formula is C21H20FN5OS. The summed E-state index contributed by atoms with van der Waals surface area (Å²) in [6.45, 7) is 6.51. The largest absolute Gasteiger partial charge is 0.483 e. The molecule has 148 valence electrons. The number of halogens is 1. The highest BCUT2D eigenvalue weighted by molar-refractivity contribution is 7.98. The first-order valence-electron chi connectivity index (χ1n) is 9.11. The van der Waals surface area contributed by atoms with Gasteiger partial charge in [0.2, 0.25) is 0 Å². The first-order valence-corrected chi connectivity index (χ1v) is 10.1. The van der Waals surface area contributed by atoms with E-state index in [0.29, 0.717) is 18.1 Å². The van der Waals surface area contributed by atoms with Crippen LogP contribution in [-0.2, 0) is 18.9 Å². The number of para-hydroxylation sites is 1. The summed E-state index contributed by atoms with van der Waals surface area (Å²) in [4.78, 5) is 4.64. The number of aryl methyl sites for hydroxylation is 1. The van der Waals surface area contributed by atoms with Crippen LogP contribution in [0, 0.1) is 12.7 Å². The Balaban J connectivity index is 1.48. The van der Waals surface area contributed by atoms with Gasteiger partial charge in [-0.2, -0.15) is 0 Å². The van der Waals surface area contributed by atoms with Crippen molar-refractivity contribution in [3.05, 3.63) is 84.3 Å². The summed E-state index contributed by atoms with van der Waals surface area (Å²) in [6.07, 6.45) is 5.84. The van der Waals surface area contributed by atoms with Gasteiger partial charge in [-0.15, -0.1) is 16.8 Å². The number of pyridine rings is 1. The summed E-state index contributed by atoms with van der Waals surface area (Å²) in [7, 11) is 0. The molecule has 0 unspecified atom stereocenters. The SMILES string of the molecule is C=CCn1c(COc2ccccc2F)nnc1SCc1cn2cc(C)ccc2n1. The van der Waals surface area contributed by atoms with Crippen molar-refractivity contribution < 1.29 is 9.13 Å². The quantitative estimate of drug-likeness (QED) is 0.318. The van der Waals surface area contributed by atoms with Crippen molar-refractivity contribution >= 4 is 17.4 Å². The van der Waals surface area contributed by atoms with Gasteiger partial charge in [0.1, 0.15) is 12.3 Å². The summed E-state index contributed by atoms with van der Waals surface area (Å²) in [6, 6.07) is 10.3. The van der Waals surface area contributed by atoms with E-state index in [1.807, 2.05) is 27.3 Å². The zero-order valence-corrected chi connectivity index (χ0v) is 16.8. The highest BCUT2D eigenvalue weighted by Gasteiger charge is 2.14. The van der Waals surface area contributed by atoms with Gasteiger partial charge in [-0.05, 0) is 30.7 Å². The topological polar surface area (TPSA) is 57.2 Å². The second-order valence-corrected chi connectivity index (χ2v) is 7.45. The fourth-order valence-electron chi connectivity index (χ4n) is 2.91. The Kier molecular flexibility index (Phi) is 5.62. The molecule has 0 spiro atoms. The number of hydrogen-bond donors (Lipinski definition) is 0. The molecule has 4 aromatic rings. The van der Waals surface area contributed by atoms with Crippen LogP contribution in [0.2, 0.25) is 0 Å². The van der Waals surface area contributed by atoms with E-state index in [4.69, 9.17) is 4.74 Å². The third kappa shape index (κ3) is 4.32. The normalized spacial score (nSPS) is 11.1. The first kappa shape index (κ1) is 19.2. The van der Waals surface area contributed by atoms with Crippen LogP contribution in [0.25, 0.3) is 5.65 Å². The van der Waals surface area contributed by atoms with Crippen LogP contribution in [0.5, 0.6) is 5.75 Å². The lowest BCUT2D eigenvalue weighted by Crippen LogP contribution is -2.08. The lowest BCUT2D eigenvalue weighted by atomic mass is 10.3. The Hall–Kier alpha value is -3.13. The number of imidazole rings is 1. The summed E-state index contributed by atoms with van der Waals surface area (Å²) in [5.41, 5.74) is 3.05. The van der Waals surface area contributed by atoms with E-state index >= 15 is 0 Å². The minimum atomic E-state index is -0.404. The predicted molar refractivity (Wildman–Crippen MR) is 110 cm³/mol. The van der Waals surface area contributed by atoms with Gasteiger partial charge >= 0.3 is 0 Å². The molecule has 0 bridgehead atoms. The molecular weight excluding hydrogens is 389 g/mol. The molecule has 1 aromatic carbocycles. The molecule has 3 heterocycles. The average molecular weight is 409 g/mol. The van der Waals surface area contributed by atoms with Gasteiger partial charge in [-0.3, -0.25) is 4.57 Å². The smallest absolute Gasteiger partial charge is 0.191 e. The van der Waals surface area contributed by atoms with Crippen molar-refractivity contribution in [3.8, 4) is 5.75 Å². The third-order valence-corrected chi connectivity index (χ3v) is 5.30. The van der Waals surface area contributed by atoms with Gasteiger partial charge in [-0.1, -0.05) is 36.0 Å². The highest BCUT2D eigenvalue weighted by atomic mass is 32.2. The van der Waals surface area contributed by atoms with Crippen molar-refractivity contribution in [1.29, 1.82) is 0 Å². The van der Waals surface area contributed by atoms with E-state index in [-0.39, 0.29) is 12.4 Å². The van der Waals surface area contributed by atoms with Crippen LogP contribution in [0.4, 0.5) is 4.39 Å². The number of aromatic nitrogens is 5. The number of nitrogens with zero attached hydrogens (tertiary/aromatic N) is 5. The molecule has 4 rings (SSSR count). The van der Waals surface area contributed by atoms with Gasteiger partial charge in [0.25, 0.3) is 0 Å². The Labute approximate surface area is 172 Å². The van der Waals surface area contributed by atoms with Crippen LogP contribution >= 0.6 is 11.8 Å². The van der Waals surface area contributed by atoms with Crippen molar-refractivity contribution in [2.24, 2.45) is 0 Å². The first-order chi connectivity index (χ1) is 14.1. The molecule has 0 saturated carbocycles. The molecule has 0 N–H and O–H groups in total. The molecule has 3 aromatic heterocycles. The van der Waals surface area contributed by atoms with Crippen LogP contribution in [0.1, 0.15) is 17.1 Å². The van der Waals surface area contributed by atoms with Crippen LogP contribution < -0.4 is 4.74 Å². The third-order valence-electron chi connectivity index (χ3n) is 4.30. The summed E-state index contributed by atoms with van der Waals surface area (Å²) < 4.78 is 23.3. The lowest BCUT2D eigenvalue weighted by Gasteiger charge is -2.09. The highest BCUT2D eigenvalue weighted by Crippen LogP contribution is 2.23. The molecule has 0 fully saturated rings. The van der Waals surface area contributed by atoms with E-state index in [0.717, 1.165) is 16.5 Å². The molecule has 6 nitrogen and oxygen atoms in total. The molecule has 0 aliphatic heterocycles. The van der Waals surface area contributed by atoms with Gasteiger partial charge in [0.15, 0.2) is 22.5 Å². The molecule has 0 amide bonds. The van der Waals surface area contributed by atoms with Crippen LogP contribution in [-0.4, -0.2) is 24.1 Å². The zero-order chi connectivity index (χ0) is 20.2. The summed E-state index contributed by atoms with van der Waals surface area (Å²) in [5.74, 6) is 1.06. The van der Waals surface area contributed by atoms with Gasteiger partial charge < -0.3 is 9.14 Å². The predicted octanol–water partition coefficient (Wildman–Crippen LogP) is 4.43. The van der Waals surface area contributed by atoms with Gasteiger partial charge in [0.05, 0.1) is 5.69 Å². The second kappa shape index (κ2) is 8.48. The number of allylic oxidation sites excluding steroid dienone is 1. The van der Waals surface area contributed by atoms with Crippen LogP contribution in [0.3, 0.4) is 0 Å². The Morgan fingerprint density at radius 2 is 2.03 bits per heavy atom. The molecule has 29 heavy (non-hydrogen) atoms. The number of fused-ring (bicyclic) bond motifs is 1. The van der Waals surface area contributed by atoms with Crippen molar-refractivity contribution in [2.75, 3.05) is 0 Å². The maximum Gasteiger partial charge on any atom is 0.191 e. The van der Waals surface area contributed by atoms with E-state index in [2.05, 4.69) is 34.9 Å². The second-order valence-electron chi connectivity index (χ2n) is 6.51. The Morgan fingerprint density at radius 1 is 1.17 bits per heavy atom. The lowest BCUT2D eigenvalue weighted by molar-refractivity contribution is 0.275. The molecule has 0 aliphatic rings. The molecule has 0 atom stereocenters. The van der Waals surface area contributed by atoms with Crippen molar-refractivity contribution in [3.63, 3.8) is 0 Å².